The van der Waals surface area contributed by atoms with E-state index in [1.54, 1.807) is 30.8 Å². The fraction of sp³-hybridized carbons (Fsp3) is 0.500. The molecule has 6 heteroatoms. The molecule has 1 aromatic rings. The highest BCUT2D eigenvalue weighted by atomic mass is 16.4. The van der Waals surface area contributed by atoms with E-state index in [-0.39, 0.29) is 12.3 Å². The Hall–Kier alpha value is -1.98. The number of rotatable bonds is 5. The average molecular weight is 252 g/mol. The average Bonchev–Trinajstić information content (AvgIpc) is 2.28. The van der Waals surface area contributed by atoms with E-state index >= 15 is 0 Å². The maximum atomic E-state index is 11.5. The first-order valence-electron chi connectivity index (χ1n) is 5.75. The molecule has 0 aromatic carbocycles. The van der Waals surface area contributed by atoms with Gasteiger partial charge in [-0.05, 0) is 12.0 Å². The number of aromatic nitrogens is 2. The molecule has 0 aliphatic heterocycles. The van der Waals surface area contributed by atoms with Gasteiger partial charge in [0.15, 0.2) is 11.7 Å². The first-order chi connectivity index (χ1) is 8.36. The van der Waals surface area contributed by atoms with Gasteiger partial charge >= 0.3 is 5.97 Å². The van der Waals surface area contributed by atoms with Gasteiger partial charge in [-0.1, -0.05) is 4.68 Å². The number of carboxylic acids is 1. The van der Waals surface area contributed by atoms with Crippen LogP contribution < -0.4 is 10.00 Å². The van der Waals surface area contributed by atoms with Gasteiger partial charge in [-0.25, -0.2) is 0 Å². The number of nitrogens with zero attached hydrogens (tertiary/aromatic N) is 2. The van der Waals surface area contributed by atoms with E-state index < -0.39 is 11.5 Å². The smallest absolute Gasteiger partial charge is 0.310 e. The molecule has 0 bridgehead atoms. The SMILES string of the molecule is CCNC(=O)c1cc[n+](C(C)(C)CC(=O)O)nc1. The molecule has 0 saturated heterocycles. The molecule has 18 heavy (non-hydrogen) atoms. The van der Waals surface area contributed by atoms with Gasteiger partial charge in [-0.2, -0.15) is 0 Å². The molecule has 0 aliphatic carbocycles. The fourth-order valence-corrected chi connectivity index (χ4v) is 1.56. The van der Waals surface area contributed by atoms with E-state index in [1.165, 1.54) is 6.20 Å². The van der Waals surface area contributed by atoms with E-state index in [1.807, 2.05) is 6.92 Å². The van der Waals surface area contributed by atoms with Crippen LogP contribution in [-0.4, -0.2) is 28.6 Å². The van der Waals surface area contributed by atoms with Crippen LogP contribution in [-0.2, 0) is 10.3 Å². The molecular formula is C12H18N3O3+. The van der Waals surface area contributed by atoms with E-state index in [0.717, 1.165) is 0 Å². The number of carboxylic acid groups (broad SMARTS) is 1. The van der Waals surface area contributed by atoms with Gasteiger partial charge in [0.05, 0.1) is 5.56 Å². The highest BCUT2D eigenvalue weighted by Gasteiger charge is 2.33. The monoisotopic (exact) mass is 252 g/mol. The van der Waals surface area contributed by atoms with Crippen molar-refractivity contribution in [1.82, 2.24) is 10.4 Å². The van der Waals surface area contributed by atoms with Crippen molar-refractivity contribution >= 4 is 11.9 Å². The Kier molecular flexibility index (Phi) is 4.36. The second-order valence-corrected chi connectivity index (χ2v) is 4.60. The standard InChI is InChI=1S/C12H17N3O3/c1-4-13-11(18)9-5-6-15(14-8-9)12(2,3)7-10(16)17/h5-6,8H,4,7H2,1-3H3,(H-,13,16,17,18)/p+1. The Balaban J connectivity index is 2.88. The number of carbonyl (C=O) groups excluding carboxylic acids is 1. The molecule has 0 saturated carbocycles. The van der Waals surface area contributed by atoms with Crippen molar-refractivity contribution in [2.24, 2.45) is 0 Å². The Morgan fingerprint density at radius 1 is 1.50 bits per heavy atom. The molecule has 1 amide bonds. The fourth-order valence-electron chi connectivity index (χ4n) is 1.56. The quantitative estimate of drug-likeness (QED) is 0.740. The summed E-state index contributed by atoms with van der Waals surface area (Å²) in [4.78, 5) is 22.3. The molecule has 6 nitrogen and oxygen atoms in total. The van der Waals surface area contributed by atoms with Crippen molar-refractivity contribution in [2.75, 3.05) is 6.54 Å². The topological polar surface area (TPSA) is 83.2 Å². The largest absolute Gasteiger partial charge is 0.481 e. The molecule has 0 spiro atoms. The summed E-state index contributed by atoms with van der Waals surface area (Å²) in [7, 11) is 0. The second kappa shape index (κ2) is 5.57. The minimum absolute atomic E-state index is 0.0365. The lowest BCUT2D eigenvalue weighted by Gasteiger charge is -2.14. The zero-order valence-corrected chi connectivity index (χ0v) is 10.8. The molecule has 1 heterocycles. The number of hydrogen-bond donors (Lipinski definition) is 2. The van der Waals surface area contributed by atoms with Crippen molar-refractivity contribution < 1.29 is 19.4 Å². The van der Waals surface area contributed by atoms with E-state index in [0.29, 0.717) is 12.1 Å². The van der Waals surface area contributed by atoms with Gasteiger partial charge in [-0.15, -0.1) is 0 Å². The summed E-state index contributed by atoms with van der Waals surface area (Å²) in [6.45, 7) is 5.95. The van der Waals surface area contributed by atoms with Crippen molar-refractivity contribution in [2.45, 2.75) is 32.7 Å². The predicted molar refractivity (Wildman–Crippen MR) is 64.0 cm³/mol. The zero-order valence-electron chi connectivity index (χ0n) is 10.8. The summed E-state index contributed by atoms with van der Waals surface area (Å²) in [6.07, 6.45) is 3.02. The van der Waals surface area contributed by atoms with E-state index in [4.69, 9.17) is 5.11 Å². The van der Waals surface area contributed by atoms with Crippen LogP contribution >= 0.6 is 0 Å². The summed E-state index contributed by atoms with van der Waals surface area (Å²) in [5.74, 6) is -1.07. The number of nitrogens with one attached hydrogen (secondary N) is 1. The molecule has 0 atom stereocenters. The minimum Gasteiger partial charge on any atom is -0.481 e. The van der Waals surface area contributed by atoms with Crippen molar-refractivity contribution in [3.05, 3.63) is 24.0 Å². The van der Waals surface area contributed by atoms with Crippen molar-refractivity contribution in [3.63, 3.8) is 0 Å². The van der Waals surface area contributed by atoms with Crippen LogP contribution in [0.5, 0.6) is 0 Å². The lowest BCUT2D eigenvalue weighted by molar-refractivity contribution is -0.808. The molecule has 1 rings (SSSR count). The lowest BCUT2D eigenvalue weighted by Crippen LogP contribution is -2.55. The highest BCUT2D eigenvalue weighted by molar-refractivity contribution is 5.93. The van der Waals surface area contributed by atoms with E-state index in [2.05, 4.69) is 10.4 Å². The molecule has 0 unspecified atom stereocenters. The van der Waals surface area contributed by atoms with Crippen LogP contribution in [0.4, 0.5) is 0 Å². The Labute approximate surface area is 106 Å². The van der Waals surface area contributed by atoms with Crippen LogP contribution in [0.3, 0.4) is 0 Å². The Morgan fingerprint density at radius 2 is 2.17 bits per heavy atom. The third kappa shape index (κ3) is 3.51. The molecule has 0 aliphatic rings. The molecule has 0 radical (unpaired) electrons. The van der Waals surface area contributed by atoms with Crippen LogP contribution in [0.25, 0.3) is 0 Å². The molecule has 98 valence electrons. The van der Waals surface area contributed by atoms with Crippen LogP contribution in [0, 0.1) is 0 Å². The summed E-state index contributed by atoms with van der Waals surface area (Å²) >= 11 is 0. The predicted octanol–water partition coefficient (Wildman–Crippen LogP) is 0.329. The summed E-state index contributed by atoms with van der Waals surface area (Å²) < 4.78 is 1.55. The summed E-state index contributed by atoms with van der Waals surface area (Å²) in [5.41, 5.74) is -0.176. The van der Waals surface area contributed by atoms with Gasteiger partial charge in [0.25, 0.3) is 5.91 Å². The number of hydrogen-bond acceptors (Lipinski definition) is 3. The molecule has 0 fully saturated rings. The number of amides is 1. The highest BCUT2D eigenvalue weighted by Crippen LogP contribution is 2.10. The normalized spacial score (nSPS) is 11.1. The summed E-state index contributed by atoms with van der Waals surface area (Å²) in [6, 6.07) is 1.63. The number of aliphatic carboxylic acids is 1. The van der Waals surface area contributed by atoms with Gasteiger partial charge in [0.1, 0.15) is 12.6 Å². The first-order valence-corrected chi connectivity index (χ1v) is 5.75. The van der Waals surface area contributed by atoms with Crippen molar-refractivity contribution in [1.29, 1.82) is 0 Å². The second-order valence-electron chi connectivity index (χ2n) is 4.60. The Morgan fingerprint density at radius 3 is 2.61 bits per heavy atom. The maximum absolute atomic E-state index is 11.5. The third-order valence-corrected chi connectivity index (χ3v) is 2.52. The lowest BCUT2D eigenvalue weighted by atomic mass is 10.0. The zero-order chi connectivity index (χ0) is 13.8. The van der Waals surface area contributed by atoms with Crippen LogP contribution in [0.15, 0.2) is 18.5 Å². The molecule has 1 aromatic heterocycles. The Bertz CT molecular complexity index is 440. The van der Waals surface area contributed by atoms with Crippen molar-refractivity contribution in [3.8, 4) is 0 Å². The number of carbonyl (C=O) groups is 2. The molecule has 2 N–H and O–H groups in total. The van der Waals surface area contributed by atoms with Gasteiger partial charge in [-0.3, -0.25) is 9.59 Å². The van der Waals surface area contributed by atoms with E-state index in [9.17, 15) is 9.59 Å². The third-order valence-electron chi connectivity index (χ3n) is 2.52. The first kappa shape index (κ1) is 14.1. The van der Waals surface area contributed by atoms with Crippen LogP contribution in [0.1, 0.15) is 37.6 Å². The van der Waals surface area contributed by atoms with Gasteiger partial charge in [0, 0.05) is 26.5 Å². The minimum atomic E-state index is -0.887. The summed E-state index contributed by atoms with van der Waals surface area (Å²) in [5, 5.41) is 15.6. The van der Waals surface area contributed by atoms with Gasteiger partial charge in [0.2, 0.25) is 0 Å². The molecular weight excluding hydrogens is 234 g/mol. The van der Waals surface area contributed by atoms with Gasteiger partial charge < -0.3 is 10.4 Å². The van der Waals surface area contributed by atoms with Crippen LogP contribution in [0.2, 0.25) is 0 Å². The maximum Gasteiger partial charge on any atom is 0.310 e.